The molecule has 0 amide bonds. The first kappa shape index (κ1) is 16.9. The Hall–Kier alpha value is -2.53. The lowest BCUT2D eigenvalue weighted by Crippen LogP contribution is -2.44. The summed E-state index contributed by atoms with van der Waals surface area (Å²) in [7, 11) is 0. The van der Waals surface area contributed by atoms with Crippen LogP contribution in [0.1, 0.15) is 17.5 Å². The van der Waals surface area contributed by atoms with Crippen molar-refractivity contribution in [2.45, 2.75) is 19.4 Å². The van der Waals surface area contributed by atoms with Crippen LogP contribution in [0.25, 0.3) is 11.1 Å². The number of benzene rings is 2. The summed E-state index contributed by atoms with van der Waals surface area (Å²) in [6.45, 7) is 4.50. The Labute approximate surface area is 154 Å². The minimum absolute atomic E-state index is 0.599. The molecule has 5 heteroatoms. The highest BCUT2D eigenvalue weighted by Crippen LogP contribution is 2.30. The first-order chi connectivity index (χ1) is 12.8. The molecule has 5 nitrogen and oxygen atoms in total. The van der Waals surface area contributed by atoms with E-state index in [4.69, 9.17) is 15.2 Å². The first-order valence-corrected chi connectivity index (χ1v) is 9.27. The summed E-state index contributed by atoms with van der Waals surface area (Å²) in [5.41, 5.74) is 11.0. The summed E-state index contributed by atoms with van der Waals surface area (Å²) in [4.78, 5) is 6.60. The highest BCUT2D eigenvalue weighted by atomic mass is 16.5. The zero-order valence-electron chi connectivity index (χ0n) is 15.0. The second kappa shape index (κ2) is 7.79. The molecular formula is C21H25N3O2. The predicted octanol–water partition coefficient (Wildman–Crippen LogP) is 2.83. The lowest BCUT2D eigenvalue weighted by atomic mass is 9.98. The van der Waals surface area contributed by atoms with Gasteiger partial charge in [0, 0.05) is 13.1 Å². The summed E-state index contributed by atoms with van der Waals surface area (Å²) in [5, 5.41) is 0. The zero-order chi connectivity index (χ0) is 17.8. The normalized spacial score (nSPS) is 17.5. The Morgan fingerprint density at radius 2 is 1.77 bits per heavy atom. The van der Waals surface area contributed by atoms with Gasteiger partial charge in [-0.15, -0.1) is 0 Å². The third-order valence-electron chi connectivity index (χ3n) is 4.95. The van der Waals surface area contributed by atoms with E-state index in [2.05, 4.69) is 52.4 Å². The predicted molar refractivity (Wildman–Crippen MR) is 103 cm³/mol. The number of guanidine groups is 1. The second-order valence-electron chi connectivity index (χ2n) is 6.75. The van der Waals surface area contributed by atoms with Gasteiger partial charge in [0.15, 0.2) is 5.96 Å². The van der Waals surface area contributed by atoms with Crippen molar-refractivity contribution in [3.05, 3.63) is 53.6 Å². The molecule has 2 heterocycles. The zero-order valence-corrected chi connectivity index (χ0v) is 15.0. The van der Waals surface area contributed by atoms with Crippen LogP contribution in [0.15, 0.2) is 47.5 Å². The molecule has 0 saturated carbocycles. The van der Waals surface area contributed by atoms with E-state index in [1.54, 1.807) is 0 Å². The maximum Gasteiger partial charge on any atom is 0.191 e. The SMILES string of the molecule is NC(=NCc1ccc(-c2ccc3c(c2)CCCO3)cc1)N1CCOCC1. The van der Waals surface area contributed by atoms with Crippen LogP contribution in [0.5, 0.6) is 5.75 Å². The molecule has 0 unspecified atom stereocenters. The van der Waals surface area contributed by atoms with Crippen LogP contribution >= 0.6 is 0 Å². The standard InChI is InChI=1S/C21H25N3O2/c22-21(24-9-12-25-13-10-24)23-15-16-3-5-17(6-4-16)18-7-8-20-19(14-18)2-1-11-26-20/h3-8,14H,1-2,9-13,15H2,(H2,22,23). The molecule has 2 aliphatic heterocycles. The Balaban J connectivity index is 1.43. The molecule has 0 spiro atoms. The first-order valence-electron chi connectivity index (χ1n) is 9.27. The van der Waals surface area contributed by atoms with E-state index in [-0.39, 0.29) is 0 Å². The van der Waals surface area contributed by atoms with Crippen LogP contribution in [0, 0.1) is 0 Å². The number of ether oxygens (including phenoxy) is 2. The average Bonchev–Trinajstić information content (AvgIpc) is 2.72. The monoisotopic (exact) mass is 351 g/mol. The lowest BCUT2D eigenvalue weighted by Gasteiger charge is -2.27. The molecule has 2 aromatic rings. The molecule has 0 aliphatic carbocycles. The second-order valence-corrected chi connectivity index (χ2v) is 6.75. The van der Waals surface area contributed by atoms with Crippen LogP contribution in [0.4, 0.5) is 0 Å². The molecule has 0 bridgehead atoms. The number of nitrogens with zero attached hydrogens (tertiary/aromatic N) is 2. The van der Waals surface area contributed by atoms with Gasteiger partial charge in [0.1, 0.15) is 5.75 Å². The maximum atomic E-state index is 6.09. The Morgan fingerprint density at radius 3 is 2.58 bits per heavy atom. The van der Waals surface area contributed by atoms with Gasteiger partial charge in [-0.05, 0) is 47.2 Å². The van der Waals surface area contributed by atoms with Crippen LogP contribution < -0.4 is 10.5 Å². The van der Waals surface area contributed by atoms with Crippen molar-refractivity contribution in [2.75, 3.05) is 32.9 Å². The van der Waals surface area contributed by atoms with Gasteiger partial charge in [-0.2, -0.15) is 0 Å². The molecule has 0 aromatic heterocycles. The van der Waals surface area contributed by atoms with Gasteiger partial charge in [-0.3, -0.25) is 0 Å². The molecule has 4 rings (SSSR count). The summed E-state index contributed by atoms with van der Waals surface area (Å²) in [6, 6.07) is 15.0. The summed E-state index contributed by atoms with van der Waals surface area (Å²) in [6.07, 6.45) is 2.19. The number of morpholine rings is 1. The van der Waals surface area contributed by atoms with Crippen LogP contribution in [-0.2, 0) is 17.7 Å². The van der Waals surface area contributed by atoms with Crippen molar-refractivity contribution >= 4 is 5.96 Å². The summed E-state index contributed by atoms with van der Waals surface area (Å²) < 4.78 is 11.0. The number of aryl methyl sites for hydroxylation is 1. The van der Waals surface area contributed by atoms with Crippen molar-refractivity contribution in [3.63, 3.8) is 0 Å². The highest BCUT2D eigenvalue weighted by Gasteiger charge is 2.12. The van der Waals surface area contributed by atoms with E-state index in [9.17, 15) is 0 Å². The Kier molecular flexibility index (Phi) is 5.07. The third-order valence-corrected chi connectivity index (χ3v) is 4.95. The van der Waals surface area contributed by atoms with Gasteiger partial charge >= 0.3 is 0 Å². The molecule has 0 radical (unpaired) electrons. The smallest absolute Gasteiger partial charge is 0.191 e. The molecule has 2 N–H and O–H groups in total. The molecular weight excluding hydrogens is 326 g/mol. The fourth-order valence-electron chi connectivity index (χ4n) is 3.41. The Morgan fingerprint density at radius 1 is 1.00 bits per heavy atom. The fourth-order valence-corrected chi connectivity index (χ4v) is 3.41. The molecule has 0 atom stereocenters. The minimum atomic E-state index is 0.599. The fraction of sp³-hybridized carbons (Fsp3) is 0.381. The van der Waals surface area contributed by atoms with Crippen molar-refractivity contribution in [3.8, 4) is 16.9 Å². The van der Waals surface area contributed by atoms with E-state index in [1.807, 2.05) is 0 Å². The third kappa shape index (κ3) is 3.83. The van der Waals surface area contributed by atoms with Gasteiger partial charge in [0.25, 0.3) is 0 Å². The van der Waals surface area contributed by atoms with Gasteiger partial charge < -0.3 is 20.1 Å². The van der Waals surface area contributed by atoms with E-state index in [1.165, 1.54) is 16.7 Å². The minimum Gasteiger partial charge on any atom is -0.493 e. The van der Waals surface area contributed by atoms with Gasteiger partial charge in [0.2, 0.25) is 0 Å². The average molecular weight is 351 g/mol. The van der Waals surface area contributed by atoms with Gasteiger partial charge in [-0.25, -0.2) is 4.99 Å². The van der Waals surface area contributed by atoms with E-state index < -0.39 is 0 Å². The number of fused-ring (bicyclic) bond motifs is 1. The molecule has 2 aliphatic rings. The molecule has 136 valence electrons. The van der Waals surface area contributed by atoms with E-state index in [0.29, 0.717) is 12.5 Å². The highest BCUT2D eigenvalue weighted by molar-refractivity contribution is 5.78. The quantitative estimate of drug-likeness (QED) is 0.682. The van der Waals surface area contributed by atoms with Crippen LogP contribution in [0.3, 0.4) is 0 Å². The maximum absolute atomic E-state index is 6.09. The van der Waals surface area contributed by atoms with Gasteiger partial charge in [0.05, 0.1) is 26.4 Å². The van der Waals surface area contributed by atoms with E-state index in [0.717, 1.165) is 57.1 Å². The number of nitrogens with two attached hydrogens (primary N) is 1. The number of aliphatic imine (C=N–C) groups is 1. The summed E-state index contributed by atoms with van der Waals surface area (Å²) in [5.74, 6) is 1.64. The van der Waals surface area contributed by atoms with Crippen molar-refractivity contribution in [1.29, 1.82) is 0 Å². The van der Waals surface area contributed by atoms with E-state index >= 15 is 0 Å². The summed E-state index contributed by atoms with van der Waals surface area (Å²) >= 11 is 0. The van der Waals surface area contributed by atoms with Crippen LogP contribution in [-0.4, -0.2) is 43.8 Å². The number of hydrogen-bond acceptors (Lipinski definition) is 3. The van der Waals surface area contributed by atoms with Crippen molar-refractivity contribution < 1.29 is 9.47 Å². The van der Waals surface area contributed by atoms with Crippen molar-refractivity contribution in [2.24, 2.45) is 10.7 Å². The number of rotatable bonds is 3. The molecule has 1 saturated heterocycles. The Bertz CT molecular complexity index is 780. The lowest BCUT2D eigenvalue weighted by molar-refractivity contribution is 0.0674. The van der Waals surface area contributed by atoms with Gasteiger partial charge in [-0.1, -0.05) is 30.3 Å². The molecule has 26 heavy (non-hydrogen) atoms. The largest absolute Gasteiger partial charge is 0.493 e. The molecule has 1 fully saturated rings. The topological polar surface area (TPSA) is 60.1 Å². The van der Waals surface area contributed by atoms with Crippen molar-refractivity contribution in [1.82, 2.24) is 4.90 Å². The molecule has 2 aromatic carbocycles. The van der Waals surface area contributed by atoms with Crippen LogP contribution in [0.2, 0.25) is 0 Å². The number of hydrogen-bond donors (Lipinski definition) is 1.